The van der Waals surface area contributed by atoms with Crippen LogP contribution in [0, 0.1) is 6.92 Å². The fourth-order valence-corrected chi connectivity index (χ4v) is 2.96. The van der Waals surface area contributed by atoms with Gasteiger partial charge in [-0.25, -0.2) is 4.98 Å². The van der Waals surface area contributed by atoms with Crippen molar-refractivity contribution >= 4 is 26.5 Å². The number of imidazole rings is 1. The Balaban J connectivity index is 2.34. The molecule has 82 valence electrons. The summed E-state index contributed by atoms with van der Waals surface area (Å²) < 4.78 is 3.40. The minimum Gasteiger partial charge on any atom is -0.323 e. The van der Waals surface area contributed by atoms with Crippen LogP contribution in [0.5, 0.6) is 0 Å². The fourth-order valence-electron chi connectivity index (χ4n) is 1.85. The van der Waals surface area contributed by atoms with Crippen LogP contribution in [0.2, 0.25) is 0 Å². The van der Waals surface area contributed by atoms with Crippen LogP contribution in [-0.4, -0.2) is 9.38 Å². The highest BCUT2D eigenvalue weighted by Crippen LogP contribution is 2.27. The molecule has 3 nitrogen and oxygen atoms in total. The van der Waals surface area contributed by atoms with Gasteiger partial charge in [-0.05, 0) is 31.5 Å². The molecular weight excluding hydrogens is 218 g/mol. The predicted molar refractivity (Wildman–Crippen MR) is 67.9 cm³/mol. The minimum atomic E-state index is -0.00685. The van der Waals surface area contributed by atoms with Crippen LogP contribution in [0.3, 0.4) is 0 Å². The summed E-state index contributed by atoms with van der Waals surface area (Å²) in [6.45, 7) is 4.06. The van der Waals surface area contributed by atoms with Crippen molar-refractivity contribution in [2.24, 2.45) is 5.73 Å². The summed E-state index contributed by atoms with van der Waals surface area (Å²) in [5.74, 6) is 0. The van der Waals surface area contributed by atoms with E-state index < -0.39 is 0 Å². The molecule has 0 amide bonds. The molecule has 2 aromatic heterocycles. The van der Waals surface area contributed by atoms with Gasteiger partial charge in [0.05, 0.1) is 15.9 Å². The Morgan fingerprint density at radius 1 is 1.44 bits per heavy atom. The number of hydrogen-bond acceptors (Lipinski definition) is 3. The molecule has 0 radical (unpaired) electrons. The summed E-state index contributed by atoms with van der Waals surface area (Å²) in [7, 11) is 0. The van der Waals surface area contributed by atoms with Crippen molar-refractivity contribution < 1.29 is 0 Å². The molecule has 1 atom stereocenters. The first-order valence-corrected chi connectivity index (χ1v) is 6.10. The van der Waals surface area contributed by atoms with E-state index in [1.807, 2.05) is 13.1 Å². The molecule has 0 aliphatic carbocycles. The molecule has 0 saturated heterocycles. The summed E-state index contributed by atoms with van der Waals surface area (Å²) in [5.41, 5.74) is 9.28. The van der Waals surface area contributed by atoms with Crippen molar-refractivity contribution in [3.05, 3.63) is 35.7 Å². The van der Waals surface area contributed by atoms with E-state index >= 15 is 0 Å². The molecule has 16 heavy (non-hydrogen) atoms. The van der Waals surface area contributed by atoms with E-state index in [0.717, 1.165) is 10.7 Å². The zero-order chi connectivity index (χ0) is 11.3. The van der Waals surface area contributed by atoms with Crippen LogP contribution in [0.15, 0.2) is 24.4 Å². The molecule has 2 N–H and O–H groups in total. The van der Waals surface area contributed by atoms with Gasteiger partial charge in [0.2, 0.25) is 0 Å². The second kappa shape index (κ2) is 3.30. The van der Waals surface area contributed by atoms with Gasteiger partial charge in [-0.15, -0.1) is 0 Å². The zero-order valence-electron chi connectivity index (χ0n) is 9.27. The summed E-state index contributed by atoms with van der Waals surface area (Å²) in [6.07, 6.45) is 2.04. The van der Waals surface area contributed by atoms with Crippen LogP contribution in [0.25, 0.3) is 15.2 Å². The van der Waals surface area contributed by atoms with Crippen molar-refractivity contribution in [2.45, 2.75) is 19.9 Å². The summed E-state index contributed by atoms with van der Waals surface area (Å²) in [5, 5.41) is 0. The monoisotopic (exact) mass is 231 g/mol. The highest BCUT2D eigenvalue weighted by molar-refractivity contribution is 7.23. The van der Waals surface area contributed by atoms with Gasteiger partial charge in [-0.3, -0.25) is 4.40 Å². The standard InChI is InChI=1S/C12H13N3S/c1-7-3-4-10-11(5-7)16-12-14-9(8(2)13)6-15(10)12/h3-6,8H,13H2,1-2H3. The second-order valence-corrected chi connectivity index (χ2v) is 5.19. The first kappa shape index (κ1) is 9.81. The summed E-state index contributed by atoms with van der Waals surface area (Å²) in [6, 6.07) is 6.45. The molecule has 3 rings (SSSR count). The van der Waals surface area contributed by atoms with Crippen LogP contribution < -0.4 is 5.73 Å². The first-order valence-electron chi connectivity index (χ1n) is 5.29. The van der Waals surface area contributed by atoms with Crippen LogP contribution in [0.4, 0.5) is 0 Å². The molecule has 0 saturated carbocycles. The highest BCUT2D eigenvalue weighted by atomic mass is 32.1. The Morgan fingerprint density at radius 3 is 3.00 bits per heavy atom. The first-order chi connectivity index (χ1) is 7.65. The van der Waals surface area contributed by atoms with Crippen molar-refractivity contribution in [1.82, 2.24) is 9.38 Å². The number of rotatable bonds is 1. The molecule has 2 heterocycles. The van der Waals surface area contributed by atoms with Crippen molar-refractivity contribution in [3.8, 4) is 0 Å². The molecule has 0 aliphatic heterocycles. The van der Waals surface area contributed by atoms with E-state index in [9.17, 15) is 0 Å². The Bertz CT molecular complexity index is 663. The zero-order valence-corrected chi connectivity index (χ0v) is 10.1. The molecule has 0 spiro atoms. The van der Waals surface area contributed by atoms with Gasteiger partial charge in [-0.1, -0.05) is 17.4 Å². The van der Waals surface area contributed by atoms with Gasteiger partial charge in [0.25, 0.3) is 0 Å². The lowest BCUT2D eigenvalue weighted by Gasteiger charge is -1.97. The Kier molecular flexibility index (Phi) is 2.02. The maximum Gasteiger partial charge on any atom is 0.195 e. The number of thiazole rings is 1. The molecule has 1 unspecified atom stereocenters. The van der Waals surface area contributed by atoms with Crippen LogP contribution in [0.1, 0.15) is 24.2 Å². The third kappa shape index (κ3) is 1.34. The molecular formula is C12H13N3S. The smallest absolute Gasteiger partial charge is 0.195 e. The van der Waals surface area contributed by atoms with E-state index in [1.54, 1.807) is 11.3 Å². The number of aromatic nitrogens is 2. The van der Waals surface area contributed by atoms with Gasteiger partial charge in [-0.2, -0.15) is 0 Å². The normalized spacial score (nSPS) is 13.7. The number of aryl methyl sites for hydroxylation is 1. The third-order valence-electron chi connectivity index (χ3n) is 2.73. The highest BCUT2D eigenvalue weighted by Gasteiger charge is 2.10. The average molecular weight is 231 g/mol. The van der Waals surface area contributed by atoms with E-state index in [-0.39, 0.29) is 6.04 Å². The number of nitrogens with two attached hydrogens (primary N) is 1. The number of fused-ring (bicyclic) bond motifs is 3. The second-order valence-electron chi connectivity index (χ2n) is 4.18. The molecule has 0 aliphatic rings. The van der Waals surface area contributed by atoms with Crippen molar-refractivity contribution in [2.75, 3.05) is 0 Å². The number of benzene rings is 1. The Hall–Kier alpha value is -1.39. The van der Waals surface area contributed by atoms with E-state index in [4.69, 9.17) is 5.73 Å². The molecule has 1 aromatic carbocycles. The van der Waals surface area contributed by atoms with Crippen molar-refractivity contribution in [3.63, 3.8) is 0 Å². The van der Waals surface area contributed by atoms with Gasteiger partial charge < -0.3 is 5.73 Å². The lowest BCUT2D eigenvalue weighted by molar-refractivity contribution is 0.790. The minimum absolute atomic E-state index is 0.00685. The Labute approximate surface area is 97.5 Å². The van der Waals surface area contributed by atoms with E-state index in [0.29, 0.717) is 0 Å². The quantitative estimate of drug-likeness (QED) is 0.699. The molecule has 0 bridgehead atoms. The van der Waals surface area contributed by atoms with Crippen molar-refractivity contribution in [1.29, 1.82) is 0 Å². The fraction of sp³-hybridized carbons (Fsp3) is 0.250. The average Bonchev–Trinajstić information content (AvgIpc) is 2.73. The van der Waals surface area contributed by atoms with E-state index in [2.05, 4.69) is 34.5 Å². The number of hydrogen-bond donors (Lipinski definition) is 1. The molecule has 0 fully saturated rings. The van der Waals surface area contributed by atoms with Gasteiger partial charge in [0.15, 0.2) is 4.96 Å². The van der Waals surface area contributed by atoms with Gasteiger partial charge >= 0.3 is 0 Å². The summed E-state index contributed by atoms with van der Waals surface area (Å²) >= 11 is 1.71. The largest absolute Gasteiger partial charge is 0.323 e. The molecule has 3 aromatic rings. The lowest BCUT2D eigenvalue weighted by Crippen LogP contribution is -2.04. The van der Waals surface area contributed by atoms with Gasteiger partial charge in [0.1, 0.15) is 0 Å². The molecule has 4 heteroatoms. The third-order valence-corrected chi connectivity index (χ3v) is 3.75. The lowest BCUT2D eigenvalue weighted by atomic mass is 10.2. The Morgan fingerprint density at radius 2 is 2.25 bits per heavy atom. The van der Waals surface area contributed by atoms with Crippen LogP contribution in [-0.2, 0) is 0 Å². The number of nitrogens with zero attached hydrogens (tertiary/aromatic N) is 2. The van der Waals surface area contributed by atoms with Gasteiger partial charge in [0, 0.05) is 12.2 Å². The topological polar surface area (TPSA) is 43.3 Å². The predicted octanol–water partition coefficient (Wildman–Crippen LogP) is 2.88. The SMILES string of the molecule is Cc1ccc2c(c1)sc1nc(C(C)N)cn12. The maximum atomic E-state index is 5.83. The summed E-state index contributed by atoms with van der Waals surface area (Å²) in [4.78, 5) is 5.56. The van der Waals surface area contributed by atoms with Crippen LogP contribution >= 0.6 is 11.3 Å². The maximum absolute atomic E-state index is 5.83. The van der Waals surface area contributed by atoms with E-state index in [1.165, 1.54) is 15.8 Å².